The summed E-state index contributed by atoms with van der Waals surface area (Å²) >= 11 is 0. The highest BCUT2D eigenvalue weighted by Gasteiger charge is 2.20. The topological polar surface area (TPSA) is 58.8 Å². The van der Waals surface area contributed by atoms with Gasteiger partial charge in [-0.15, -0.1) is 24.0 Å². The molecule has 1 aromatic heterocycles. The van der Waals surface area contributed by atoms with Crippen LogP contribution in [0, 0.1) is 5.92 Å². The first-order valence-corrected chi connectivity index (χ1v) is 9.56. The van der Waals surface area contributed by atoms with E-state index in [4.69, 9.17) is 14.1 Å². The number of aliphatic imine (C=N–C) groups is 1. The summed E-state index contributed by atoms with van der Waals surface area (Å²) in [5, 5.41) is 6.79. The standard InChI is InChI=1S/C21H29N3O2.HI/c1-2-6-18(7-3-1)16-24-21(23-13-11-20-8-4-15-26-20)22-12-5-14-25-17-19-9-10-19;/h1-4,6-8,15,19H,5,9-14,16-17H2,(H2,22,23,24);1H. The van der Waals surface area contributed by atoms with Crippen molar-refractivity contribution >= 4 is 29.9 Å². The first kappa shape index (κ1) is 21.8. The lowest BCUT2D eigenvalue weighted by Crippen LogP contribution is -2.39. The van der Waals surface area contributed by atoms with Crippen molar-refractivity contribution < 1.29 is 9.15 Å². The lowest BCUT2D eigenvalue weighted by molar-refractivity contribution is 0.123. The number of nitrogens with one attached hydrogen (secondary N) is 2. The van der Waals surface area contributed by atoms with Crippen LogP contribution in [0.25, 0.3) is 0 Å². The lowest BCUT2D eigenvalue weighted by Gasteiger charge is -2.12. The first-order chi connectivity index (χ1) is 12.9. The summed E-state index contributed by atoms with van der Waals surface area (Å²) in [6.07, 6.45) is 6.21. The molecule has 1 saturated carbocycles. The molecule has 0 radical (unpaired) electrons. The number of hydrogen-bond acceptors (Lipinski definition) is 3. The minimum absolute atomic E-state index is 0. The Balaban J connectivity index is 0.00000261. The number of nitrogens with zero attached hydrogens (tertiary/aromatic N) is 1. The van der Waals surface area contributed by atoms with Gasteiger partial charge in [0.15, 0.2) is 5.96 Å². The molecule has 1 fully saturated rings. The number of furan rings is 1. The van der Waals surface area contributed by atoms with Crippen molar-refractivity contribution in [1.29, 1.82) is 0 Å². The van der Waals surface area contributed by atoms with Crippen molar-refractivity contribution in [2.75, 3.05) is 26.3 Å². The number of ether oxygens (including phenoxy) is 1. The summed E-state index contributed by atoms with van der Waals surface area (Å²) in [7, 11) is 0. The summed E-state index contributed by atoms with van der Waals surface area (Å²) < 4.78 is 11.1. The van der Waals surface area contributed by atoms with Gasteiger partial charge in [-0.05, 0) is 42.9 Å². The summed E-state index contributed by atoms with van der Waals surface area (Å²) in [6.45, 7) is 4.03. The molecule has 0 amide bonds. The first-order valence-electron chi connectivity index (χ1n) is 9.56. The number of hydrogen-bond donors (Lipinski definition) is 2. The van der Waals surface area contributed by atoms with Crippen LogP contribution in [0.15, 0.2) is 58.1 Å². The maximum Gasteiger partial charge on any atom is 0.191 e. The Morgan fingerprint density at radius 3 is 2.63 bits per heavy atom. The van der Waals surface area contributed by atoms with Gasteiger partial charge in [-0.25, -0.2) is 4.99 Å². The smallest absolute Gasteiger partial charge is 0.191 e. The van der Waals surface area contributed by atoms with Gasteiger partial charge in [0.2, 0.25) is 0 Å². The van der Waals surface area contributed by atoms with Gasteiger partial charge >= 0.3 is 0 Å². The third-order valence-electron chi connectivity index (χ3n) is 4.31. The van der Waals surface area contributed by atoms with Crippen LogP contribution in [0.2, 0.25) is 0 Å². The van der Waals surface area contributed by atoms with Gasteiger partial charge in [-0.3, -0.25) is 0 Å². The average Bonchev–Trinajstić information content (AvgIpc) is 3.36. The van der Waals surface area contributed by atoms with Crippen LogP contribution in [0.1, 0.15) is 30.6 Å². The molecule has 148 valence electrons. The van der Waals surface area contributed by atoms with E-state index in [-0.39, 0.29) is 24.0 Å². The van der Waals surface area contributed by atoms with E-state index in [9.17, 15) is 0 Å². The minimum atomic E-state index is 0. The van der Waals surface area contributed by atoms with Crippen LogP contribution >= 0.6 is 24.0 Å². The highest BCUT2D eigenvalue weighted by Crippen LogP contribution is 2.28. The van der Waals surface area contributed by atoms with E-state index < -0.39 is 0 Å². The third kappa shape index (κ3) is 9.28. The minimum Gasteiger partial charge on any atom is -0.469 e. The molecule has 0 aliphatic heterocycles. The van der Waals surface area contributed by atoms with Gasteiger partial charge in [0.25, 0.3) is 0 Å². The molecule has 0 atom stereocenters. The number of benzene rings is 1. The van der Waals surface area contributed by atoms with E-state index in [0.29, 0.717) is 6.54 Å². The predicted octanol–water partition coefficient (Wildman–Crippen LogP) is 3.99. The van der Waals surface area contributed by atoms with Crippen LogP contribution < -0.4 is 10.6 Å². The summed E-state index contributed by atoms with van der Waals surface area (Å²) in [4.78, 5) is 4.69. The maximum absolute atomic E-state index is 5.69. The van der Waals surface area contributed by atoms with E-state index in [1.807, 2.05) is 30.3 Å². The monoisotopic (exact) mass is 483 g/mol. The molecule has 1 aromatic carbocycles. The van der Waals surface area contributed by atoms with Crippen molar-refractivity contribution in [3.8, 4) is 0 Å². The van der Waals surface area contributed by atoms with Crippen LogP contribution in [0.4, 0.5) is 0 Å². The maximum atomic E-state index is 5.69. The molecule has 2 aromatic rings. The van der Waals surface area contributed by atoms with Crippen LogP contribution in [-0.2, 0) is 17.7 Å². The van der Waals surface area contributed by atoms with Crippen LogP contribution in [0.3, 0.4) is 0 Å². The zero-order valence-corrected chi connectivity index (χ0v) is 18.1. The predicted molar refractivity (Wildman–Crippen MR) is 120 cm³/mol. The van der Waals surface area contributed by atoms with Crippen molar-refractivity contribution in [1.82, 2.24) is 10.6 Å². The summed E-state index contributed by atoms with van der Waals surface area (Å²) in [6, 6.07) is 14.2. The Hall–Kier alpha value is -1.54. The highest BCUT2D eigenvalue weighted by molar-refractivity contribution is 14.0. The number of rotatable bonds is 11. The van der Waals surface area contributed by atoms with E-state index >= 15 is 0 Å². The zero-order chi connectivity index (χ0) is 17.9. The molecule has 0 saturated heterocycles. The fourth-order valence-corrected chi connectivity index (χ4v) is 2.60. The van der Waals surface area contributed by atoms with Gasteiger partial charge in [-0.2, -0.15) is 0 Å². The SMILES string of the molecule is I.c1ccc(CN=C(NCCCOCC2CC2)NCCc2ccco2)cc1. The third-order valence-corrected chi connectivity index (χ3v) is 4.31. The molecule has 1 aliphatic carbocycles. The van der Waals surface area contributed by atoms with Gasteiger partial charge in [-0.1, -0.05) is 30.3 Å². The van der Waals surface area contributed by atoms with Gasteiger partial charge in [0.1, 0.15) is 5.76 Å². The lowest BCUT2D eigenvalue weighted by atomic mass is 10.2. The zero-order valence-electron chi connectivity index (χ0n) is 15.7. The Labute approximate surface area is 179 Å². The van der Waals surface area contributed by atoms with Crippen molar-refractivity contribution in [3.63, 3.8) is 0 Å². The largest absolute Gasteiger partial charge is 0.469 e. The van der Waals surface area contributed by atoms with Crippen LogP contribution in [0.5, 0.6) is 0 Å². The molecule has 0 spiro atoms. The van der Waals surface area contributed by atoms with Gasteiger partial charge in [0, 0.05) is 32.7 Å². The second kappa shape index (κ2) is 12.8. The summed E-state index contributed by atoms with van der Waals surface area (Å²) in [5.74, 6) is 2.64. The van der Waals surface area contributed by atoms with Gasteiger partial charge in [0.05, 0.1) is 12.8 Å². The molecule has 0 bridgehead atoms. The average molecular weight is 483 g/mol. The Morgan fingerprint density at radius 2 is 1.89 bits per heavy atom. The molecule has 1 heterocycles. The molecule has 1 aliphatic rings. The van der Waals surface area contributed by atoms with Crippen molar-refractivity contribution in [2.45, 2.75) is 32.2 Å². The number of halogens is 1. The van der Waals surface area contributed by atoms with Crippen molar-refractivity contribution in [3.05, 3.63) is 60.1 Å². The van der Waals surface area contributed by atoms with Gasteiger partial charge < -0.3 is 19.8 Å². The van der Waals surface area contributed by atoms with E-state index in [0.717, 1.165) is 56.8 Å². The molecular formula is C21H30IN3O2. The molecule has 5 nitrogen and oxygen atoms in total. The summed E-state index contributed by atoms with van der Waals surface area (Å²) in [5.41, 5.74) is 1.20. The van der Waals surface area contributed by atoms with E-state index in [1.54, 1.807) is 6.26 Å². The Morgan fingerprint density at radius 1 is 1.07 bits per heavy atom. The normalized spacial score (nSPS) is 13.9. The molecule has 0 unspecified atom stereocenters. The Bertz CT molecular complexity index is 643. The molecule has 3 rings (SSSR count). The van der Waals surface area contributed by atoms with Crippen LogP contribution in [-0.4, -0.2) is 32.3 Å². The molecule has 6 heteroatoms. The fourth-order valence-electron chi connectivity index (χ4n) is 2.60. The number of guanidine groups is 1. The molecular weight excluding hydrogens is 453 g/mol. The second-order valence-electron chi connectivity index (χ2n) is 6.71. The fraction of sp³-hybridized carbons (Fsp3) is 0.476. The second-order valence-corrected chi connectivity index (χ2v) is 6.71. The van der Waals surface area contributed by atoms with E-state index in [1.165, 1.54) is 18.4 Å². The Kier molecular flexibility index (Phi) is 10.3. The molecule has 2 N–H and O–H groups in total. The quantitative estimate of drug-likeness (QED) is 0.220. The van der Waals surface area contributed by atoms with Crippen molar-refractivity contribution in [2.24, 2.45) is 10.9 Å². The highest BCUT2D eigenvalue weighted by atomic mass is 127. The van der Waals surface area contributed by atoms with E-state index in [2.05, 4.69) is 22.8 Å². The molecule has 27 heavy (non-hydrogen) atoms.